The third kappa shape index (κ3) is 8.15. The number of hydrogen-bond donors (Lipinski definition) is 3. The van der Waals surface area contributed by atoms with Crippen LogP contribution in [0, 0.1) is 0 Å². The number of carbonyl (C=O) groups excluding carboxylic acids is 3. The molecule has 0 aliphatic rings. The van der Waals surface area contributed by atoms with Gasteiger partial charge in [-0.3, -0.25) is 14.9 Å². The number of carbonyl (C=O) groups is 3. The zero-order valence-electron chi connectivity index (χ0n) is 16.9. The van der Waals surface area contributed by atoms with Crippen molar-refractivity contribution < 1.29 is 23.9 Å². The summed E-state index contributed by atoms with van der Waals surface area (Å²) in [5, 5.41) is 7.86. The third-order valence-electron chi connectivity index (χ3n) is 3.88. The van der Waals surface area contributed by atoms with Crippen LogP contribution in [0.5, 0.6) is 0 Å². The maximum atomic E-state index is 12.4. The van der Waals surface area contributed by atoms with Crippen molar-refractivity contribution in [1.29, 1.82) is 0 Å². The number of anilines is 2. The average Bonchev–Trinajstić information content (AvgIpc) is 2.73. The van der Waals surface area contributed by atoms with E-state index in [2.05, 4.69) is 16.0 Å². The molecule has 2 rings (SSSR count). The molecule has 1 atom stereocenters. The number of amides is 3. The van der Waals surface area contributed by atoms with Crippen LogP contribution >= 0.6 is 0 Å². The lowest BCUT2D eigenvalue weighted by Crippen LogP contribution is -2.40. The minimum absolute atomic E-state index is 0.134. The summed E-state index contributed by atoms with van der Waals surface area (Å²) >= 11 is 0. The van der Waals surface area contributed by atoms with Gasteiger partial charge in [-0.2, -0.15) is 0 Å². The smallest absolute Gasteiger partial charge is 0.411 e. The van der Waals surface area contributed by atoms with Crippen LogP contribution in [0.3, 0.4) is 0 Å². The second-order valence-corrected chi connectivity index (χ2v) is 6.30. The first kappa shape index (κ1) is 22.6. The Hall–Kier alpha value is -3.65. The molecule has 0 aromatic heterocycles. The second kappa shape index (κ2) is 12.0. The fraction of sp³-hybridized carbons (Fsp3) is 0.227. The predicted octanol–water partition coefficient (Wildman–Crippen LogP) is 3.04. The van der Waals surface area contributed by atoms with Crippen molar-refractivity contribution in [1.82, 2.24) is 5.32 Å². The Morgan fingerprint density at radius 1 is 0.967 bits per heavy atom. The number of nitrogens with one attached hydrogen (secondary N) is 3. The quantitative estimate of drug-likeness (QED) is 0.434. The molecule has 0 aliphatic heterocycles. The van der Waals surface area contributed by atoms with E-state index in [9.17, 15) is 14.4 Å². The molecule has 0 aliphatic carbocycles. The molecule has 0 heterocycles. The maximum Gasteiger partial charge on any atom is 0.411 e. The maximum absolute atomic E-state index is 12.4. The minimum atomic E-state index is -0.756. The summed E-state index contributed by atoms with van der Waals surface area (Å²) in [6, 6.07) is 15.2. The van der Waals surface area contributed by atoms with Gasteiger partial charge in [-0.05, 0) is 36.8 Å². The van der Waals surface area contributed by atoms with Gasteiger partial charge < -0.3 is 20.1 Å². The zero-order valence-corrected chi connectivity index (χ0v) is 16.9. The molecule has 2 aromatic rings. The van der Waals surface area contributed by atoms with E-state index in [1.165, 1.54) is 13.2 Å². The van der Waals surface area contributed by atoms with Crippen LogP contribution in [0.15, 0.2) is 60.7 Å². The van der Waals surface area contributed by atoms with E-state index >= 15 is 0 Å². The molecule has 3 amide bonds. The van der Waals surface area contributed by atoms with Crippen LogP contribution in [0.4, 0.5) is 16.2 Å². The summed E-state index contributed by atoms with van der Waals surface area (Å²) in [5.41, 5.74) is 1.81. The summed E-state index contributed by atoms with van der Waals surface area (Å²) in [5.74, 6) is -0.771. The van der Waals surface area contributed by atoms with Crippen LogP contribution in [0.25, 0.3) is 6.08 Å². The molecular weight excluding hydrogens is 386 g/mol. The fourth-order valence-corrected chi connectivity index (χ4v) is 2.36. The van der Waals surface area contributed by atoms with Gasteiger partial charge >= 0.3 is 6.09 Å². The Kier molecular flexibility index (Phi) is 9.08. The number of hydrogen-bond acceptors (Lipinski definition) is 5. The van der Waals surface area contributed by atoms with Crippen molar-refractivity contribution in [3.05, 3.63) is 66.2 Å². The molecular formula is C22H25N3O5. The van der Waals surface area contributed by atoms with E-state index in [0.717, 1.165) is 5.56 Å². The van der Waals surface area contributed by atoms with Gasteiger partial charge in [0.05, 0.1) is 6.61 Å². The van der Waals surface area contributed by atoms with Crippen molar-refractivity contribution in [2.45, 2.75) is 13.0 Å². The normalized spacial score (nSPS) is 11.5. The molecule has 1 unspecified atom stereocenters. The largest absolute Gasteiger partial charge is 0.447 e. The highest BCUT2D eigenvalue weighted by Crippen LogP contribution is 2.15. The van der Waals surface area contributed by atoms with Gasteiger partial charge in [-0.25, -0.2) is 4.79 Å². The molecule has 8 heteroatoms. The van der Waals surface area contributed by atoms with Crippen LogP contribution in [-0.2, 0) is 19.1 Å². The highest BCUT2D eigenvalue weighted by atomic mass is 16.6. The molecule has 0 saturated heterocycles. The second-order valence-electron chi connectivity index (χ2n) is 6.30. The van der Waals surface area contributed by atoms with E-state index in [4.69, 9.17) is 9.47 Å². The minimum Gasteiger partial charge on any atom is -0.447 e. The fourth-order valence-electron chi connectivity index (χ4n) is 2.36. The molecule has 158 valence electrons. The van der Waals surface area contributed by atoms with Crippen molar-refractivity contribution in [3.8, 4) is 0 Å². The Bertz CT molecular complexity index is 883. The summed E-state index contributed by atoms with van der Waals surface area (Å²) in [6.07, 6.45) is 2.42. The highest BCUT2D eigenvalue weighted by Gasteiger charge is 2.15. The highest BCUT2D eigenvalue weighted by molar-refractivity contribution is 6.00. The first-order chi connectivity index (χ1) is 14.5. The summed E-state index contributed by atoms with van der Waals surface area (Å²) < 4.78 is 9.73. The molecule has 30 heavy (non-hydrogen) atoms. The lowest BCUT2D eigenvalue weighted by atomic mass is 10.2. The molecule has 3 N–H and O–H groups in total. The van der Waals surface area contributed by atoms with Crippen molar-refractivity contribution in [3.63, 3.8) is 0 Å². The van der Waals surface area contributed by atoms with Crippen LogP contribution < -0.4 is 16.0 Å². The standard InChI is InChI=1S/C22H25N3O5/c1-16(23-20(26)12-11-17-7-4-3-5-8-17)21(27)24-18-9-6-10-19(15-18)25-22(28)30-14-13-29-2/h3-12,15-16H,13-14H2,1-2H3,(H,23,26)(H,24,27)(H,25,28)/b12-11+. The van der Waals surface area contributed by atoms with Crippen LogP contribution in [-0.4, -0.2) is 44.3 Å². The van der Waals surface area contributed by atoms with E-state index in [1.807, 2.05) is 30.3 Å². The number of benzene rings is 2. The predicted molar refractivity (Wildman–Crippen MR) is 115 cm³/mol. The summed E-state index contributed by atoms with van der Waals surface area (Å²) in [6.45, 7) is 2.02. The Morgan fingerprint density at radius 2 is 1.67 bits per heavy atom. The van der Waals surface area contributed by atoms with Crippen LogP contribution in [0.1, 0.15) is 12.5 Å². The Labute approximate surface area is 175 Å². The number of methoxy groups -OCH3 is 1. The van der Waals surface area contributed by atoms with E-state index < -0.39 is 18.0 Å². The van der Waals surface area contributed by atoms with Gasteiger partial charge in [0, 0.05) is 24.6 Å². The average molecular weight is 411 g/mol. The SMILES string of the molecule is COCCOC(=O)Nc1cccc(NC(=O)C(C)NC(=O)/C=C/c2ccccc2)c1. The van der Waals surface area contributed by atoms with Crippen LogP contribution in [0.2, 0.25) is 0 Å². The van der Waals surface area contributed by atoms with E-state index in [-0.39, 0.29) is 12.5 Å². The van der Waals surface area contributed by atoms with E-state index in [1.54, 1.807) is 37.3 Å². The van der Waals surface area contributed by atoms with Gasteiger partial charge in [0.25, 0.3) is 0 Å². The third-order valence-corrected chi connectivity index (χ3v) is 3.88. The van der Waals surface area contributed by atoms with E-state index in [0.29, 0.717) is 18.0 Å². The first-order valence-corrected chi connectivity index (χ1v) is 9.35. The lowest BCUT2D eigenvalue weighted by molar-refractivity contribution is -0.123. The summed E-state index contributed by atoms with van der Waals surface area (Å²) in [7, 11) is 1.51. The first-order valence-electron chi connectivity index (χ1n) is 9.35. The molecule has 0 fully saturated rings. The zero-order chi connectivity index (χ0) is 21.8. The molecule has 0 spiro atoms. The Balaban J connectivity index is 1.85. The van der Waals surface area contributed by atoms with Gasteiger partial charge in [-0.1, -0.05) is 36.4 Å². The molecule has 8 nitrogen and oxygen atoms in total. The molecule has 0 radical (unpaired) electrons. The molecule has 0 saturated carbocycles. The monoisotopic (exact) mass is 411 g/mol. The van der Waals surface area contributed by atoms with Crippen molar-refractivity contribution in [2.75, 3.05) is 31.0 Å². The van der Waals surface area contributed by atoms with Gasteiger partial charge in [0.2, 0.25) is 11.8 Å². The number of ether oxygens (including phenoxy) is 2. The topological polar surface area (TPSA) is 106 Å². The van der Waals surface area contributed by atoms with Gasteiger partial charge in [0.1, 0.15) is 12.6 Å². The lowest BCUT2D eigenvalue weighted by Gasteiger charge is -2.14. The van der Waals surface area contributed by atoms with Crippen molar-refractivity contribution in [2.24, 2.45) is 0 Å². The number of rotatable bonds is 9. The molecule has 0 bridgehead atoms. The Morgan fingerprint density at radius 3 is 2.37 bits per heavy atom. The van der Waals surface area contributed by atoms with Gasteiger partial charge in [0.15, 0.2) is 0 Å². The summed E-state index contributed by atoms with van der Waals surface area (Å²) in [4.78, 5) is 36.1. The van der Waals surface area contributed by atoms with Crippen molar-refractivity contribution >= 4 is 35.4 Å². The molecule has 2 aromatic carbocycles. The van der Waals surface area contributed by atoms with Gasteiger partial charge in [-0.15, -0.1) is 0 Å².